The monoisotopic (exact) mass is 601 g/mol. The minimum atomic E-state index is -4.26. The number of hydrogen-bond acceptors (Lipinski definition) is 6. The van der Waals surface area contributed by atoms with E-state index >= 15 is 0 Å². The van der Waals surface area contributed by atoms with Gasteiger partial charge in [0.1, 0.15) is 12.6 Å². The summed E-state index contributed by atoms with van der Waals surface area (Å²) in [5.41, 5.74) is 0.926. The Hall–Kier alpha value is -3.76. The van der Waals surface area contributed by atoms with Crippen molar-refractivity contribution in [1.82, 2.24) is 10.2 Å². The standard InChI is InChI=1S/C30H36ClN3O6S/c1-5-18-32-30(36)26(6-2)33(20-22-12-10-11-15-25(22)31)29(35)21-34(23-13-8-7-9-14-23)41(37,38)24-16-17-27(39-3)28(19-24)40-4/h7-17,19,26H,5-6,18,20-21H2,1-4H3,(H,32,36). The van der Waals surface area contributed by atoms with E-state index in [4.69, 9.17) is 21.1 Å². The van der Waals surface area contributed by atoms with E-state index in [2.05, 4.69) is 5.32 Å². The first-order valence-corrected chi connectivity index (χ1v) is 15.1. The Morgan fingerprint density at radius 3 is 2.20 bits per heavy atom. The third-order valence-corrected chi connectivity index (χ3v) is 8.64. The summed E-state index contributed by atoms with van der Waals surface area (Å²) in [6, 6.07) is 18.8. The van der Waals surface area contributed by atoms with Gasteiger partial charge in [-0.2, -0.15) is 0 Å². The molecule has 0 saturated heterocycles. The molecule has 0 aliphatic rings. The highest BCUT2D eigenvalue weighted by molar-refractivity contribution is 7.92. The molecule has 3 aromatic rings. The number of rotatable bonds is 14. The van der Waals surface area contributed by atoms with Crippen LogP contribution in [0.1, 0.15) is 32.3 Å². The molecule has 0 aromatic heterocycles. The molecule has 1 unspecified atom stereocenters. The summed E-state index contributed by atoms with van der Waals surface area (Å²) < 4.78 is 39.7. The summed E-state index contributed by atoms with van der Waals surface area (Å²) in [7, 11) is -1.40. The average Bonchev–Trinajstić information content (AvgIpc) is 2.99. The van der Waals surface area contributed by atoms with Crippen LogP contribution in [-0.2, 0) is 26.2 Å². The molecule has 1 atom stereocenters. The minimum Gasteiger partial charge on any atom is -0.493 e. The van der Waals surface area contributed by atoms with Crippen LogP contribution in [0.4, 0.5) is 5.69 Å². The van der Waals surface area contributed by atoms with Gasteiger partial charge in [-0.15, -0.1) is 0 Å². The molecular weight excluding hydrogens is 566 g/mol. The van der Waals surface area contributed by atoms with Crippen molar-refractivity contribution >= 4 is 39.1 Å². The molecule has 0 aliphatic carbocycles. The molecule has 11 heteroatoms. The lowest BCUT2D eigenvalue weighted by atomic mass is 10.1. The number of halogens is 1. The topological polar surface area (TPSA) is 105 Å². The molecular formula is C30H36ClN3O6S. The molecule has 2 amide bonds. The van der Waals surface area contributed by atoms with Crippen molar-refractivity contribution in [2.45, 2.75) is 44.2 Å². The fourth-order valence-corrected chi connectivity index (χ4v) is 5.95. The van der Waals surface area contributed by atoms with Crippen LogP contribution in [0.3, 0.4) is 0 Å². The predicted molar refractivity (Wildman–Crippen MR) is 160 cm³/mol. The summed E-state index contributed by atoms with van der Waals surface area (Å²) in [5.74, 6) is -0.282. The maximum Gasteiger partial charge on any atom is 0.264 e. The van der Waals surface area contributed by atoms with Gasteiger partial charge in [0.15, 0.2) is 11.5 Å². The molecule has 220 valence electrons. The van der Waals surface area contributed by atoms with E-state index < -0.39 is 28.5 Å². The van der Waals surface area contributed by atoms with Crippen molar-refractivity contribution in [1.29, 1.82) is 0 Å². The molecule has 0 radical (unpaired) electrons. The number of amides is 2. The zero-order valence-corrected chi connectivity index (χ0v) is 25.2. The first-order valence-electron chi connectivity index (χ1n) is 13.3. The van der Waals surface area contributed by atoms with Crippen LogP contribution in [0.5, 0.6) is 11.5 Å². The lowest BCUT2D eigenvalue weighted by molar-refractivity contribution is -0.140. The first kappa shape index (κ1) is 31.8. The summed E-state index contributed by atoms with van der Waals surface area (Å²) in [5, 5.41) is 3.30. The van der Waals surface area contributed by atoms with Gasteiger partial charge in [-0.1, -0.05) is 61.8 Å². The molecule has 0 heterocycles. The van der Waals surface area contributed by atoms with Crippen LogP contribution in [0.25, 0.3) is 0 Å². The summed E-state index contributed by atoms with van der Waals surface area (Å²) in [6.07, 6.45) is 1.05. The number of ether oxygens (including phenoxy) is 2. The molecule has 0 aliphatic heterocycles. The van der Waals surface area contributed by atoms with Crippen molar-refractivity contribution in [3.8, 4) is 11.5 Å². The smallest absolute Gasteiger partial charge is 0.264 e. The number of benzene rings is 3. The molecule has 0 spiro atoms. The number of sulfonamides is 1. The Bertz CT molecular complexity index is 1440. The number of carbonyl (C=O) groups is 2. The third-order valence-electron chi connectivity index (χ3n) is 6.50. The zero-order chi connectivity index (χ0) is 30.0. The van der Waals surface area contributed by atoms with Crippen molar-refractivity contribution in [2.75, 3.05) is 31.6 Å². The fourth-order valence-electron chi connectivity index (χ4n) is 4.32. The van der Waals surface area contributed by atoms with E-state index in [0.717, 1.165) is 10.7 Å². The first-order chi connectivity index (χ1) is 19.7. The van der Waals surface area contributed by atoms with Crippen LogP contribution >= 0.6 is 11.6 Å². The predicted octanol–water partition coefficient (Wildman–Crippen LogP) is 4.89. The molecule has 1 N–H and O–H groups in total. The van der Waals surface area contributed by atoms with E-state index in [9.17, 15) is 18.0 Å². The molecule has 9 nitrogen and oxygen atoms in total. The summed E-state index contributed by atoms with van der Waals surface area (Å²) in [4.78, 5) is 28.5. The SMILES string of the molecule is CCCNC(=O)C(CC)N(Cc1ccccc1Cl)C(=O)CN(c1ccccc1)S(=O)(=O)c1ccc(OC)c(OC)c1. The number of anilines is 1. The van der Waals surface area contributed by atoms with Gasteiger partial charge >= 0.3 is 0 Å². The Morgan fingerprint density at radius 1 is 0.927 bits per heavy atom. The number of nitrogens with zero attached hydrogens (tertiary/aromatic N) is 2. The minimum absolute atomic E-state index is 0.0234. The van der Waals surface area contributed by atoms with E-state index in [1.807, 2.05) is 6.92 Å². The van der Waals surface area contributed by atoms with Gasteiger partial charge in [-0.05, 0) is 48.7 Å². The van der Waals surface area contributed by atoms with Crippen LogP contribution in [0, 0.1) is 0 Å². The third kappa shape index (κ3) is 7.71. The maximum absolute atomic E-state index is 14.1. The van der Waals surface area contributed by atoms with Gasteiger partial charge in [0.25, 0.3) is 10.0 Å². The van der Waals surface area contributed by atoms with E-state index in [0.29, 0.717) is 29.3 Å². The highest BCUT2D eigenvalue weighted by atomic mass is 35.5. The molecule has 3 rings (SSSR count). The van der Waals surface area contributed by atoms with Crippen molar-refractivity contribution < 1.29 is 27.5 Å². The highest BCUT2D eigenvalue weighted by Crippen LogP contribution is 2.32. The van der Waals surface area contributed by atoms with Gasteiger partial charge in [0.05, 0.1) is 24.8 Å². The van der Waals surface area contributed by atoms with Crippen molar-refractivity contribution in [2.24, 2.45) is 0 Å². The normalized spacial score (nSPS) is 11.8. The van der Waals surface area contributed by atoms with Gasteiger partial charge in [0.2, 0.25) is 11.8 Å². The van der Waals surface area contributed by atoms with E-state index in [1.54, 1.807) is 61.5 Å². The number of carbonyl (C=O) groups excluding carboxylic acids is 2. The Labute approximate surface area is 247 Å². The Balaban J connectivity index is 2.07. The van der Waals surface area contributed by atoms with E-state index in [1.165, 1.54) is 37.3 Å². The Kier molecular flexibility index (Phi) is 11.4. The Morgan fingerprint density at radius 2 is 1.59 bits per heavy atom. The number of nitrogens with one attached hydrogen (secondary N) is 1. The molecule has 0 fully saturated rings. The number of para-hydroxylation sites is 1. The molecule has 3 aromatic carbocycles. The molecule has 0 bridgehead atoms. The van der Waals surface area contributed by atoms with Crippen LogP contribution in [0.15, 0.2) is 77.7 Å². The largest absolute Gasteiger partial charge is 0.493 e. The second-order valence-electron chi connectivity index (χ2n) is 9.19. The van der Waals surface area contributed by atoms with Crippen LogP contribution in [0.2, 0.25) is 5.02 Å². The summed E-state index contributed by atoms with van der Waals surface area (Å²) >= 11 is 6.42. The average molecular weight is 602 g/mol. The highest BCUT2D eigenvalue weighted by Gasteiger charge is 2.34. The molecule has 41 heavy (non-hydrogen) atoms. The number of methoxy groups -OCH3 is 2. The quantitative estimate of drug-likeness (QED) is 0.282. The molecule has 0 saturated carbocycles. The maximum atomic E-state index is 14.1. The van der Waals surface area contributed by atoms with Crippen LogP contribution in [-0.4, -0.2) is 58.5 Å². The second kappa shape index (κ2) is 14.7. The van der Waals surface area contributed by atoms with Gasteiger partial charge < -0.3 is 19.7 Å². The second-order valence-corrected chi connectivity index (χ2v) is 11.5. The van der Waals surface area contributed by atoms with Gasteiger partial charge in [-0.3, -0.25) is 13.9 Å². The van der Waals surface area contributed by atoms with Crippen molar-refractivity contribution in [3.63, 3.8) is 0 Å². The summed E-state index contributed by atoms with van der Waals surface area (Å²) in [6.45, 7) is 3.66. The fraction of sp³-hybridized carbons (Fsp3) is 0.333. The lowest BCUT2D eigenvalue weighted by Gasteiger charge is -2.33. The van der Waals surface area contributed by atoms with Gasteiger partial charge in [-0.25, -0.2) is 8.42 Å². The van der Waals surface area contributed by atoms with Gasteiger partial charge in [0, 0.05) is 24.2 Å². The number of hydrogen-bond donors (Lipinski definition) is 1. The van der Waals surface area contributed by atoms with Crippen molar-refractivity contribution in [3.05, 3.63) is 83.4 Å². The zero-order valence-electron chi connectivity index (χ0n) is 23.7. The van der Waals surface area contributed by atoms with E-state index in [-0.39, 0.29) is 28.8 Å². The van der Waals surface area contributed by atoms with Crippen LogP contribution < -0.4 is 19.1 Å². The lowest BCUT2D eigenvalue weighted by Crippen LogP contribution is -2.52.